The molecule has 2 nitrogen and oxygen atoms in total. The lowest BCUT2D eigenvalue weighted by Gasteiger charge is -2.31. The maximum absolute atomic E-state index is 6.02. The molecule has 104 valence electrons. The van der Waals surface area contributed by atoms with Gasteiger partial charge in [-0.05, 0) is 61.7 Å². The number of nitrogens with one attached hydrogen (secondary N) is 1. The molecule has 1 saturated heterocycles. The molecule has 1 aromatic carbocycles. The molecule has 0 amide bonds. The summed E-state index contributed by atoms with van der Waals surface area (Å²) in [5.41, 5.74) is 2.49. The molecule has 1 fully saturated rings. The van der Waals surface area contributed by atoms with Gasteiger partial charge in [0.1, 0.15) is 0 Å². The second-order valence-electron chi connectivity index (χ2n) is 5.37. The van der Waals surface area contributed by atoms with Gasteiger partial charge in [0.2, 0.25) is 0 Å². The molecule has 1 aliphatic heterocycles. The zero-order valence-electron chi connectivity index (χ0n) is 11.4. The average molecular weight is 287 g/mol. The van der Waals surface area contributed by atoms with Gasteiger partial charge in [-0.1, -0.05) is 29.8 Å². The number of aromatic nitrogens is 1. The first kappa shape index (κ1) is 13.6. The Morgan fingerprint density at radius 1 is 1.05 bits per heavy atom. The summed E-state index contributed by atoms with van der Waals surface area (Å²) in [7, 11) is 0. The number of rotatable bonds is 3. The third-order valence-electron chi connectivity index (χ3n) is 4.09. The van der Waals surface area contributed by atoms with Gasteiger partial charge < -0.3 is 5.32 Å². The molecule has 0 bridgehead atoms. The summed E-state index contributed by atoms with van der Waals surface area (Å²) >= 11 is 6.02. The molecule has 0 aliphatic carbocycles. The van der Waals surface area contributed by atoms with Crippen molar-refractivity contribution in [2.75, 3.05) is 13.1 Å². The molecule has 3 heteroatoms. The lowest BCUT2D eigenvalue weighted by molar-refractivity contribution is 0.339. The monoisotopic (exact) mass is 286 g/mol. The minimum atomic E-state index is 0.371. The second kappa shape index (κ2) is 6.38. The highest BCUT2D eigenvalue weighted by Gasteiger charge is 2.27. The summed E-state index contributed by atoms with van der Waals surface area (Å²) in [6.07, 6.45) is 4.28. The molecule has 1 atom stereocenters. The summed E-state index contributed by atoms with van der Waals surface area (Å²) in [6.45, 7) is 2.20. The number of hydrogen-bond donors (Lipinski definition) is 1. The highest BCUT2D eigenvalue weighted by Crippen LogP contribution is 2.36. The van der Waals surface area contributed by atoms with Crippen LogP contribution in [0.4, 0.5) is 0 Å². The molecule has 0 saturated carbocycles. The van der Waals surface area contributed by atoms with Gasteiger partial charge in [-0.25, -0.2) is 0 Å². The maximum atomic E-state index is 6.02. The Labute approximate surface area is 125 Å². The van der Waals surface area contributed by atoms with E-state index in [-0.39, 0.29) is 0 Å². The Balaban J connectivity index is 1.96. The van der Waals surface area contributed by atoms with Gasteiger partial charge in [0.25, 0.3) is 0 Å². The van der Waals surface area contributed by atoms with E-state index in [1.54, 1.807) is 0 Å². The lowest BCUT2D eigenvalue weighted by atomic mass is 9.78. The van der Waals surface area contributed by atoms with Crippen LogP contribution in [0, 0.1) is 5.92 Å². The first-order valence-corrected chi connectivity index (χ1v) is 7.59. The van der Waals surface area contributed by atoms with Crippen LogP contribution in [0.1, 0.15) is 30.0 Å². The summed E-state index contributed by atoms with van der Waals surface area (Å²) in [5, 5.41) is 4.23. The van der Waals surface area contributed by atoms with Crippen LogP contribution in [0.3, 0.4) is 0 Å². The fourth-order valence-corrected chi connectivity index (χ4v) is 3.22. The van der Waals surface area contributed by atoms with Gasteiger partial charge >= 0.3 is 0 Å². The number of pyridine rings is 1. The van der Waals surface area contributed by atoms with E-state index in [0.717, 1.165) is 18.1 Å². The Hall–Kier alpha value is -1.38. The Morgan fingerprint density at radius 3 is 2.45 bits per heavy atom. The molecule has 3 rings (SSSR count). The predicted octanol–water partition coefficient (Wildman–Crippen LogP) is 3.87. The van der Waals surface area contributed by atoms with Crippen LogP contribution in [-0.4, -0.2) is 18.1 Å². The Morgan fingerprint density at radius 2 is 1.80 bits per heavy atom. The standard InChI is InChI=1S/C17H19ClN2/c18-15-6-4-13(5-7-15)17(14-8-11-19-12-9-14)16-3-1-2-10-20-16/h1-7,10,14,17,19H,8-9,11-12H2. The van der Waals surface area contributed by atoms with E-state index in [1.807, 2.05) is 24.4 Å². The van der Waals surface area contributed by atoms with Gasteiger partial charge in [0.05, 0.1) is 0 Å². The van der Waals surface area contributed by atoms with Crippen LogP contribution in [-0.2, 0) is 0 Å². The van der Waals surface area contributed by atoms with E-state index in [1.165, 1.54) is 24.1 Å². The van der Waals surface area contributed by atoms with E-state index in [0.29, 0.717) is 11.8 Å². The molecule has 1 unspecified atom stereocenters. The smallest absolute Gasteiger partial charge is 0.0481 e. The normalized spacial score (nSPS) is 17.9. The van der Waals surface area contributed by atoms with Crippen molar-refractivity contribution < 1.29 is 0 Å². The van der Waals surface area contributed by atoms with Crippen molar-refractivity contribution in [3.05, 3.63) is 64.9 Å². The fraction of sp³-hybridized carbons (Fsp3) is 0.353. The highest BCUT2D eigenvalue weighted by molar-refractivity contribution is 6.30. The van der Waals surface area contributed by atoms with Crippen LogP contribution >= 0.6 is 11.6 Å². The van der Waals surface area contributed by atoms with Crippen molar-refractivity contribution in [2.45, 2.75) is 18.8 Å². The van der Waals surface area contributed by atoms with Crippen LogP contribution < -0.4 is 5.32 Å². The number of hydrogen-bond acceptors (Lipinski definition) is 2. The summed E-state index contributed by atoms with van der Waals surface area (Å²) in [5.74, 6) is 1.02. The van der Waals surface area contributed by atoms with Gasteiger partial charge in [-0.3, -0.25) is 4.98 Å². The minimum absolute atomic E-state index is 0.371. The number of halogens is 1. The van der Waals surface area contributed by atoms with Gasteiger partial charge in [0, 0.05) is 22.8 Å². The zero-order valence-corrected chi connectivity index (χ0v) is 12.2. The van der Waals surface area contributed by atoms with E-state index in [2.05, 4.69) is 34.6 Å². The topological polar surface area (TPSA) is 24.9 Å². The molecule has 20 heavy (non-hydrogen) atoms. The predicted molar refractivity (Wildman–Crippen MR) is 83.1 cm³/mol. The van der Waals surface area contributed by atoms with Crippen LogP contribution in [0.25, 0.3) is 0 Å². The maximum Gasteiger partial charge on any atom is 0.0481 e. The molecule has 0 spiro atoms. The minimum Gasteiger partial charge on any atom is -0.317 e. The van der Waals surface area contributed by atoms with E-state index in [4.69, 9.17) is 11.6 Å². The molecular formula is C17H19ClN2. The average Bonchev–Trinajstić information content (AvgIpc) is 2.52. The molecule has 0 radical (unpaired) electrons. The molecule has 1 aliphatic rings. The third kappa shape index (κ3) is 3.02. The van der Waals surface area contributed by atoms with Crippen LogP contribution in [0.2, 0.25) is 5.02 Å². The Bertz CT molecular complexity index is 533. The van der Waals surface area contributed by atoms with Crippen molar-refractivity contribution in [3.8, 4) is 0 Å². The Kier molecular flexibility index (Phi) is 4.34. The van der Waals surface area contributed by atoms with Crippen molar-refractivity contribution in [1.82, 2.24) is 10.3 Å². The molecular weight excluding hydrogens is 268 g/mol. The van der Waals surface area contributed by atoms with E-state index >= 15 is 0 Å². The van der Waals surface area contributed by atoms with Crippen molar-refractivity contribution in [3.63, 3.8) is 0 Å². The highest BCUT2D eigenvalue weighted by atomic mass is 35.5. The largest absolute Gasteiger partial charge is 0.317 e. The molecule has 1 N–H and O–H groups in total. The molecule has 1 aromatic heterocycles. The first-order chi connectivity index (χ1) is 9.84. The second-order valence-corrected chi connectivity index (χ2v) is 5.81. The van der Waals surface area contributed by atoms with E-state index in [9.17, 15) is 0 Å². The van der Waals surface area contributed by atoms with Crippen LogP contribution in [0.15, 0.2) is 48.7 Å². The summed E-state index contributed by atoms with van der Waals surface area (Å²) in [4.78, 5) is 4.60. The number of benzene rings is 1. The SMILES string of the molecule is Clc1ccc(C(c2ccccn2)C2CCNCC2)cc1. The van der Waals surface area contributed by atoms with Crippen molar-refractivity contribution in [2.24, 2.45) is 5.92 Å². The van der Waals surface area contributed by atoms with Crippen LogP contribution in [0.5, 0.6) is 0 Å². The van der Waals surface area contributed by atoms with Crippen molar-refractivity contribution in [1.29, 1.82) is 0 Å². The molecule has 2 aromatic rings. The fourth-order valence-electron chi connectivity index (χ4n) is 3.09. The number of piperidine rings is 1. The molecule has 2 heterocycles. The number of nitrogens with zero attached hydrogens (tertiary/aromatic N) is 1. The van der Waals surface area contributed by atoms with Gasteiger partial charge in [-0.15, -0.1) is 0 Å². The lowest BCUT2D eigenvalue weighted by Crippen LogP contribution is -2.31. The quantitative estimate of drug-likeness (QED) is 0.926. The van der Waals surface area contributed by atoms with Gasteiger partial charge in [-0.2, -0.15) is 0 Å². The zero-order chi connectivity index (χ0) is 13.8. The van der Waals surface area contributed by atoms with Crippen molar-refractivity contribution >= 4 is 11.6 Å². The summed E-state index contributed by atoms with van der Waals surface area (Å²) in [6, 6.07) is 14.4. The third-order valence-corrected chi connectivity index (χ3v) is 4.34. The van der Waals surface area contributed by atoms with Gasteiger partial charge in [0.15, 0.2) is 0 Å². The first-order valence-electron chi connectivity index (χ1n) is 7.22. The summed E-state index contributed by atoms with van der Waals surface area (Å²) < 4.78 is 0. The van der Waals surface area contributed by atoms with E-state index < -0.39 is 0 Å².